The van der Waals surface area contributed by atoms with Crippen LogP contribution in [-0.4, -0.2) is 37.5 Å². The van der Waals surface area contributed by atoms with Gasteiger partial charge in [-0.25, -0.2) is 0 Å². The molecule has 1 aromatic carbocycles. The topological polar surface area (TPSA) is 94.1 Å². The summed E-state index contributed by atoms with van der Waals surface area (Å²) in [6.45, 7) is 2.46. The molecule has 0 aromatic heterocycles. The molecule has 0 bridgehead atoms. The van der Waals surface area contributed by atoms with Gasteiger partial charge < -0.3 is 20.3 Å². The van der Waals surface area contributed by atoms with E-state index in [0.717, 1.165) is 12.8 Å². The molecule has 0 radical (unpaired) electrons. The third-order valence-electron chi connectivity index (χ3n) is 2.56. The third-order valence-corrected chi connectivity index (χ3v) is 2.56. The van der Waals surface area contributed by atoms with Gasteiger partial charge in [0.1, 0.15) is 17.2 Å². The molecule has 0 unspecified atom stereocenters. The van der Waals surface area contributed by atoms with Crippen LogP contribution in [0.25, 0.3) is 0 Å². The summed E-state index contributed by atoms with van der Waals surface area (Å²) >= 11 is 0. The lowest BCUT2D eigenvalue weighted by Crippen LogP contribution is -2.20. The Bertz CT molecular complexity index is 486. The van der Waals surface area contributed by atoms with Gasteiger partial charge in [0.25, 0.3) is 5.91 Å². The van der Waals surface area contributed by atoms with Gasteiger partial charge in [-0.05, 0) is 6.42 Å². The number of amides is 1. The fourth-order valence-corrected chi connectivity index (χ4v) is 1.51. The number of phenolic OH excluding ortho intramolecular Hbond substituents is 1. The number of methoxy groups -OCH3 is 1. The molecule has 0 spiro atoms. The first kappa shape index (κ1) is 15.8. The Hall–Kier alpha value is -2.24. The highest BCUT2D eigenvalue weighted by Crippen LogP contribution is 2.32. The van der Waals surface area contributed by atoms with Crippen LogP contribution in [0.15, 0.2) is 17.1 Å². The number of ether oxygens (including phenoxy) is 2. The van der Waals surface area contributed by atoms with E-state index < -0.39 is 5.91 Å². The van der Waals surface area contributed by atoms with Crippen molar-refractivity contribution >= 4 is 12.1 Å². The predicted molar refractivity (Wildman–Crippen MR) is 76.7 cm³/mol. The minimum absolute atomic E-state index is 0.0240. The average molecular weight is 280 g/mol. The van der Waals surface area contributed by atoms with Crippen molar-refractivity contribution in [3.63, 3.8) is 0 Å². The monoisotopic (exact) mass is 280 g/mol. The standard InChI is InChI=1S/C14H20N2O4/c1-3-4-5-16-8-11-12(17)6-10(19-2)7-13(11)20-9-14(15)18/h6-8,17H,3-5,9H2,1-2H3,(H2,15,18). The van der Waals surface area contributed by atoms with Crippen LogP contribution >= 0.6 is 0 Å². The first-order valence-corrected chi connectivity index (χ1v) is 6.40. The molecule has 6 nitrogen and oxygen atoms in total. The number of aromatic hydroxyl groups is 1. The van der Waals surface area contributed by atoms with Crippen molar-refractivity contribution in [2.75, 3.05) is 20.3 Å². The van der Waals surface area contributed by atoms with Crippen LogP contribution in [0.3, 0.4) is 0 Å². The quantitative estimate of drug-likeness (QED) is 0.557. The Balaban J connectivity index is 2.98. The van der Waals surface area contributed by atoms with E-state index in [2.05, 4.69) is 11.9 Å². The van der Waals surface area contributed by atoms with Crippen LogP contribution in [0.2, 0.25) is 0 Å². The number of nitrogens with two attached hydrogens (primary N) is 1. The fraction of sp³-hybridized carbons (Fsp3) is 0.429. The van der Waals surface area contributed by atoms with E-state index in [4.69, 9.17) is 15.2 Å². The summed E-state index contributed by atoms with van der Waals surface area (Å²) in [7, 11) is 1.47. The number of phenols is 1. The molecule has 0 atom stereocenters. The summed E-state index contributed by atoms with van der Waals surface area (Å²) in [5, 5.41) is 9.96. The van der Waals surface area contributed by atoms with Crippen molar-refractivity contribution in [2.45, 2.75) is 19.8 Å². The zero-order valence-corrected chi connectivity index (χ0v) is 11.8. The molecule has 1 rings (SSSR count). The average Bonchev–Trinajstić information content (AvgIpc) is 2.42. The van der Waals surface area contributed by atoms with Crippen molar-refractivity contribution in [2.24, 2.45) is 10.7 Å². The van der Waals surface area contributed by atoms with Crippen LogP contribution in [0, 0.1) is 0 Å². The first-order valence-electron chi connectivity index (χ1n) is 6.40. The Morgan fingerprint density at radius 2 is 2.25 bits per heavy atom. The minimum Gasteiger partial charge on any atom is -0.507 e. The maximum atomic E-state index is 10.8. The highest BCUT2D eigenvalue weighted by atomic mass is 16.5. The molecule has 1 aromatic rings. The van der Waals surface area contributed by atoms with E-state index in [1.807, 2.05) is 0 Å². The van der Waals surface area contributed by atoms with E-state index in [0.29, 0.717) is 23.6 Å². The minimum atomic E-state index is -0.596. The molecule has 3 N–H and O–H groups in total. The number of rotatable bonds is 8. The SMILES string of the molecule is CCCCN=Cc1c(O)cc(OC)cc1OCC(N)=O. The van der Waals surface area contributed by atoms with Crippen molar-refractivity contribution in [3.8, 4) is 17.2 Å². The van der Waals surface area contributed by atoms with Crippen LogP contribution in [0.4, 0.5) is 0 Å². The normalized spacial score (nSPS) is 10.7. The number of carbonyl (C=O) groups is 1. The van der Waals surface area contributed by atoms with E-state index >= 15 is 0 Å². The van der Waals surface area contributed by atoms with Gasteiger partial charge >= 0.3 is 0 Å². The van der Waals surface area contributed by atoms with Crippen molar-refractivity contribution in [1.82, 2.24) is 0 Å². The zero-order chi connectivity index (χ0) is 15.0. The van der Waals surface area contributed by atoms with Crippen LogP contribution in [0.5, 0.6) is 17.2 Å². The van der Waals surface area contributed by atoms with Gasteiger partial charge in [0.2, 0.25) is 0 Å². The number of nitrogens with zero attached hydrogens (tertiary/aromatic N) is 1. The lowest BCUT2D eigenvalue weighted by molar-refractivity contribution is -0.119. The van der Waals surface area contributed by atoms with Crippen molar-refractivity contribution in [1.29, 1.82) is 0 Å². The van der Waals surface area contributed by atoms with Gasteiger partial charge in [0, 0.05) is 24.9 Å². The molecule has 0 aliphatic carbocycles. The summed E-state index contributed by atoms with van der Waals surface area (Å²) in [5.41, 5.74) is 5.45. The molecule has 20 heavy (non-hydrogen) atoms. The number of carbonyl (C=O) groups excluding carboxylic acids is 1. The van der Waals surface area contributed by atoms with E-state index in [1.54, 1.807) is 6.07 Å². The Kier molecular flexibility index (Phi) is 6.36. The largest absolute Gasteiger partial charge is 0.507 e. The summed E-state index contributed by atoms with van der Waals surface area (Å²) < 4.78 is 10.3. The van der Waals surface area contributed by atoms with Gasteiger partial charge in [-0.3, -0.25) is 9.79 Å². The van der Waals surface area contributed by atoms with Crippen LogP contribution < -0.4 is 15.2 Å². The number of benzene rings is 1. The van der Waals surface area contributed by atoms with Crippen molar-refractivity contribution < 1.29 is 19.4 Å². The summed E-state index contributed by atoms with van der Waals surface area (Å²) in [4.78, 5) is 15.0. The molecule has 0 aliphatic rings. The Labute approximate surface area is 118 Å². The molecule has 1 amide bonds. The predicted octanol–water partition coefficient (Wildman–Crippen LogP) is 1.48. The smallest absolute Gasteiger partial charge is 0.255 e. The maximum Gasteiger partial charge on any atom is 0.255 e. The van der Waals surface area contributed by atoms with Gasteiger partial charge in [0.15, 0.2) is 6.61 Å². The number of hydrogen-bond acceptors (Lipinski definition) is 5. The fourth-order valence-electron chi connectivity index (χ4n) is 1.51. The lowest BCUT2D eigenvalue weighted by Gasteiger charge is -2.11. The molecule has 0 aliphatic heterocycles. The number of primary amides is 1. The molecule has 0 fully saturated rings. The van der Waals surface area contributed by atoms with Gasteiger partial charge in [-0.2, -0.15) is 0 Å². The lowest BCUT2D eigenvalue weighted by atomic mass is 10.2. The van der Waals surface area contributed by atoms with Gasteiger partial charge in [0.05, 0.1) is 12.7 Å². The van der Waals surface area contributed by atoms with E-state index in [-0.39, 0.29) is 12.4 Å². The molecular formula is C14H20N2O4. The van der Waals surface area contributed by atoms with Crippen LogP contribution in [-0.2, 0) is 4.79 Å². The van der Waals surface area contributed by atoms with Crippen LogP contribution in [0.1, 0.15) is 25.3 Å². The second-order valence-corrected chi connectivity index (χ2v) is 4.20. The van der Waals surface area contributed by atoms with E-state index in [1.165, 1.54) is 19.4 Å². The van der Waals surface area contributed by atoms with Gasteiger partial charge in [-0.1, -0.05) is 13.3 Å². The molecule has 0 heterocycles. The second kappa shape index (κ2) is 8.04. The van der Waals surface area contributed by atoms with E-state index in [9.17, 15) is 9.90 Å². The van der Waals surface area contributed by atoms with Crippen molar-refractivity contribution in [3.05, 3.63) is 17.7 Å². The third kappa shape index (κ3) is 4.79. The first-order chi connectivity index (χ1) is 9.58. The maximum absolute atomic E-state index is 10.8. The highest BCUT2D eigenvalue weighted by Gasteiger charge is 2.11. The molecular weight excluding hydrogens is 260 g/mol. The molecule has 0 saturated carbocycles. The number of hydrogen-bond donors (Lipinski definition) is 2. The summed E-state index contributed by atoms with van der Waals surface area (Å²) in [6.07, 6.45) is 3.53. The summed E-state index contributed by atoms with van der Waals surface area (Å²) in [5.74, 6) is 0.110. The second-order valence-electron chi connectivity index (χ2n) is 4.20. The van der Waals surface area contributed by atoms with Gasteiger partial charge in [-0.15, -0.1) is 0 Å². The number of unbranched alkanes of at least 4 members (excludes halogenated alkanes) is 1. The molecule has 6 heteroatoms. The zero-order valence-electron chi connectivity index (χ0n) is 11.8. The Morgan fingerprint density at radius 1 is 1.50 bits per heavy atom. The highest BCUT2D eigenvalue weighted by molar-refractivity contribution is 5.88. The summed E-state index contributed by atoms with van der Waals surface area (Å²) in [6, 6.07) is 3.03. The molecule has 110 valence electrons. The number of aliphatic imine (C=N–C) groups is 1. The molecule has 0 saturated heterocycles. The Morgan fingerprint density at radius 3 is 2.85 bits per heavy atom.